The second-order valence-electron chi connectivity index (χ2n) is 6.71. The number of hydrogen-bond acceptors (Lipinski definition) is 4. The van der Waals surface area contributed by atoms with Crippen LogP contribution in [-0.4, -0.2) is 39.0 Å². The van der Waals surface area contributed by atoms with Crippen molar-refractivity contribution in [3.05, 3.63) is 75.3 Å². The number of nitrogens with zero attached hydrogens (tertiary/aromatic N) is 2. The van der Waals surface area contributed by atoms with Crippen molar-refractivity contribution in [2.24, 2.45) is 0 Å². The molecule has 2 aromatic heterocycles. The summed E-state index contributed by atoms with van der Waals surface area (Å²) in [4.78, 5) is 33.9. The molecule has 0 unspecified atom stereocenters. The van der Waals surface area contributed by atoms with Gasteiger partial charge in [0.2, 0.25) is 0 Å². The second kappa shape index (κ2) is 8.14. The average molecular weight is 365 g/mol. The van der Waals surface area contributed by atoms with Crippen LogP contribution >= 0.6 is 0 Å². The van der Waals surface area contributed by atoms with E-state index in [4.69, 9.17) is 0 Å². The van der Waals surface area contributed by atoms with E-state index in [2.05, 4.69) is 9.97 Å². The summed E-state index contributed by atoms with van der Waals surface area (Å²) in [5.74, 6) is -0.189. The van der Waals surface area contributed by atoms with Crippen LogP contribution in [-0.2, 0) is 6.54 Å². The van der Waals surface area contributed by atoms with E-state index in [9.17, 15) is 14.7 Å². The molecule has 0 atom stereocenters. The molecule has 0 aliphatic rings. The maximum Gasteiger partial charge on any atom is 0.254 e. The Balaban J connectivity index is 1.97. The Kier molecular flexibility index (Phi) is 5.66. The molecule has 2 N–H and O–H groups in total. The van der Waals surface area contributed by atoms with Gasteiger partial charge in [0, 0.05) is 36.7 Å². The normalized spacial score (nSPS) is 10.9. The fourth-order valence-corrected chi connectivity index (χ4v) is 3.25. The van der Waals surface area contributed by atoms with Gasteiger partial charge in [0.15, 0.2) is 0 Å². The fourth-order valence-electron chi connectivity index (χ4n) is 3.25. The Morgan fingerprint density at radius 1 is 1.19 bits per heavy atom. The number of carbonyl (C=O) groups is 1. The molecule has 0 aliphatic carbocycles. The van der Waals surface area contributed by atoms with Gasteiger partial charge in [-0.25, -0.2) is 0 Å². The minimum absolute atomic E-state index is 0.0212. The number of benzene rings is 1. The van der Waals surface area contributed by atoms with Crippen LogP contribution in [0.15, 0.2) is 47.5 Å². The van der Waals surface area contributed by atoms with Gasteiger partial charge in [-0.3, -0.25) is 14.6 Å². The van der Waals surface area contributed by atoms with Gasteiger partial charge in [0.25, 0.3) is 11.5 Å². The Morgan fingerprint density at radius 3 is 2.63 bits per heavy atom. The molecule has 2 heterocycles. The van der Waals surface area contributed by atoms with Crippen LogP contribution in [0, 0.1) is 13.8 Å². The first kappa shape index (κ1) is 18.8. The average Bonchev–Trinajstić information content (AvgIpc) is 2.66. The van der Waals surface area contributed by atoms with Gasteiger partial charge in [-0.15, -0.1) is 0 Å². The maximum absolute atomic E-state index is 12.8. The number of aryl methyl sites for hydroxylation is 2. The van der Waals surface area contributed by atoms with E-state index in [1.807, 2.05) is 32.0 Å². The van der Waals surface area contributed by atoms with Crippen molar-refractivity contribution in [3.8, 4) is 0 Å². The molecular formula is C21H23N3O3. The molecule has 0 spiro atoms. The summed E-state index contributed by atoms with van der Waals surface area (Å²) >= 11 is 0. The van der Waals surface area contributed by atoms with Gasteiger partial charge in [0.1, 0.15) is 0 Å². The van der Waals surface area contributed by atoms with Crippen LogP contribution < -0.4 is 5.56 Å². The minimum Gasteiger partial charge on any atom is -0.396 e. The van der Waals surface area contributed by atoms with Gasteiger partial charge in [0.05, 0.1) is 12.1 Å². The van der Waals surface area contributed by atoms with Crippen molar-refractivity contribution in [1.29, 1.82) is 0 Å². The van der Waals surface area contributed by atoms with Crippen LogP contribution in [0.2, 0.25) is 0 Å². The van der Waals surface area contributed by atoms with Crippen LogP contribution in [0.4, 0.5) is 0 Å². The van der Waals surface area contributed by atoms with Crippen molar-refractivity contribution in [2.75, 3.05) is 13.2 Å². The Labute approximate surface area is 157 Å². The van der Waals surface area contributed by atoms with Gasteiger partial charge in [-0.1, -0.05) is 11.6 Å². The number of amides is 1. The molecule has 140 valence electrons. The molecule has 0 saturated heterocycles. The molecule has 0 bridgehead atoms. The third-order valence-electron chi connectivity index (χ3n) is 4.53. The van der Waals surface area contributed by atoms with Gasteiger partial charge < -0.3 is 15.0 Å². The Morgan fingerprint density at radius 2 is 1.93 bits per heavy atom. The number of aliphatic hydroxyl groups excluding tert-OH is 1. The molecule has 6 nitrogen and oxygen atoms in total. The first-order valence-electron chi connectivity index (χ1n) is 8.93. The lowest BCUT2D eigenvalue weighted by Crippen LogP contribution is -2.34. The number of aromatic amines is 1. The van der Waals surface area contributed by atoms with E-state index in [0.717, 1.165) is 22.0 Å². The standard InChI is InChI=1S/C21H23N3O3/c1-14-10-15(2)19-17(11-14)12-18(20(26)23-19)13-24(8-3-9-25)21(27)16-4-6-22-7-5-16/h4-7,10-12,25H,3,8-9,13H2,1-2H3,(H,23,26). The highest BCUT2D eigenvalue weighted by Gasteiger charge is 2.18. The molecule has 0 aliphatic heterocycles. The van der Waals surface area contributed by atoms with Crippen molar-refractivity contribution < 1.29 is 9.90 Å². The Bertz CT molecular complexity index is 1010. The van der Waals surface area contributed by atoms with Gasteiger partial charge in [-0.2, -0.15) is 0 Å². The molecule has 1 aromatic carbocycles. The largest absolute Gasteiger partial charge is 0.396 e. The summed E-state index contributed by atoms with van der Waals surface area (Å²) in [6.07, 6.45) is 3.57. The summed E-state index contributed by atoms with van der Waals surface area (Å²) in [6.45, 7) is 4.50. The highest BCUT2D eigenvalue weighted by atomic mass is 16.3. The SMILES string of the molecule is Cc1cc(C)c2[nH]c(=O)c(CN(CCCO)C(=O)c3ccncc3)cc2c1. The number of aliphatic hydroxyl groups is 1. The second-order valence-corrected chi connectivity index (χ2v) is 6.71. The van der Waals surface area contributed by atoms with Crippen LogP contribution in [0.3, 0.4) is 0 Å². The number of pyridine rings is 2. The summed E-state index contributed by atoms with van der Waals surface area (Å²) in [6, 6.07) is 9.18. The molecule has 3 rings (SSSR count). The molecule has 27 heavy (non-hydrogen) atoms. The van der Waals surface area contributed by atoms with E-state index >= 15 is 0 Å². The van der Waals surface area contributed by atoms with Crippen LogP contribution in [0.5, 0.6) is 0 Å². The first-order chi connectivity index (χ1) is 13.0. The number of fused-ring (bicyclic) bond motifs is 1. The lowest BCUT2D eigenvalue weighted by atomic mass is 10.0. The summed E-state index contributed by atoms with van der Waals surface area (Å²) in [7, 11) is 0. The van der Waals surface area contributed by atoms with Gasteiger partial charge >= 0.3 is 0 Å². The van der Waals surface area contributed by atoms with E-state index in [1.54, 1.807) is 29.4 Å². The third kappa shape index (κ3) is 4.23. The molecule has 0 fully saturated rings. The topological polar surface area (TPSA) is 86.3 Å². The lowest BCUT2D eigenvalue weighted by Gasteiger charge is -2.22. The summed E-state index contributed by atoms with van der Waals surface area (Å²) < 4.78 is 0. The molecule has 1 amide bonds. The molecule has 6 heteroatoms. The predicted molar refractivity (Wildman–Crippen MR) is 105 cm³/mol. The number of aromatic nitrogens is 2. The van der Waals surface area contributed by atoms with Crippen molar-refractivity contribution in [3.63, 3.8) is 0 Å². The monoisotopic (exact) mass is 365 g/mol. The zero-order chi connectivity index (χ0) is 19.4. The summed E-state index contributed by atoms with van der Waals surface area (Å²) in [5.41, 5.74) is 3.77. The third-order valence-corrected chi connectivity index (χ3v) is 4.53. The highest BCUT2D eigenvalue weighted by molar-refractivity contribution is 5.94. The number of nitrogens with one attached hydrogen (secondary N) is 1. The number of rotatable bonds is 6. The molecular weight excluding hydrogens is 342 g/mol. The fraction of sp³-hybridized carbons (Fsp3) is 0.286. The van der Waals surface area contributed by atoms with Crippen molar-refractivity contribution in [1.82, 2.24) is 14.9 Å². The zero-order valence-electron chi connectivity index (χ0n) is 15.5. The lowest BCUT2D eigenvalue weighted by molar-refractivity contribution is 0.0731. The molecule has 0 saturated carbocycles. The first-order valence-corrected chi connectivity index (χ1v) is 8.93. The summed E-state index contributed by atoms with van der Waals surface area (Å²) in [5, 5.41) is 10.1. The van der Waals surface area contributed by atoms with E-state index in [-0.39, 0.29) is 24.6 Å². The van der Waals surface area contributed by atoms with Crippen molar-refractivity contribution >= 4 is 16.8 Å². The number of H-pyrrole nitrogens is 1. The quantitative estimate of drug-likeness (QED) is 0.703. The van der Waals surface area contributed by atoms with E-state index in [1.165, 1.54) is 0 Å². The Hall–Kier alpha value is -2.99. The smallest absolute Gasteiger partial charge is 0.254 e. The van der Waals surface area contributed by atoms with Crippen LogP contribution in [0.25, 0.3) is 10.9 Å². The van der Waals surface area contributed by atoms with Gasteiger partial charge in [-0.05, 0) is 55.5 Å². The van der Waals surface area contributed by atoms with E-state index < -0.39 is 0 Å². The van der Waals surface area contributed by atoms with E-state index in [0.29, 0.717) is 24.1 Å². The molecule has 3 aromatic rings. The number of hydrogen-bond donors (Lipinski definition) is 2. The maximum atomic E-state index is 12.8. The number of carbonyl (C=O) groups excluding carboxylic acids is 1. The van der Waals surface area contributed by atoms with Crippen LogP contribution in [0.1, 0.15) is 33.5 Å². The zero-order valence-corrected chi connectivity index (χ0v) is 15.5. The highest BCUT2D eigenvalue weighted by Crippen LogP contribution is 2.19. The van der Waals surface area contributed by atoms with Crippen molar-refractivity contribution in [2.45, 2.75) is 26.8 Å². The minimum atomic E-state index is -0.203. The predicted octanol–water partition coefficient (Wildman–Crippen LogP) is 2.56. The molecule has 0 radical (unpaired) electrons.